The van der Waals surface area contributed by atoms with Crippen LogP contribution < -0.4 is 0 Å². The van der Waals surface area contributed by atoms with Crippen LogP contribution in [0.25, 0.3) is 0 Å². The molecule has 0 N–H and O–H groups in total. The first-order chi connectivity index (χ1) is 5.04. The Morgan fingerprint density at radius 3 is 2.45 bits per heavy atom. The molecule has 0 spiro atoms. The van der Waals surface area contributed by atoms with E-state index in [1.54, 1.807) is 11.8 Å². The molecule has 0 saturated carbocycles. The molecule has 3 unspecified atom stereocenters. The van der Waals surface area contributed by atoms with Crippen molar-refractivity contribution in [3.8, 4) is 0 Å². The lowest BCUT2D eigenvalue weighted by molar-refractivity contribution is -0.163. The summed E-state index contributed by atoms with van der Waals surface area (Å²) in [5, 5.41) is 0. The first-order valence-electron chi connectivity index (χ1n) is 3.96. The predicted octanol–water partition coefficient (Wildman–Crippen LogP) is 0.640. The van der Waals surface area contributed by atoms with Crippen molar-refractivity contribution in [3.63, 3.8) is 0 Å². The largest absolute Gasteiger partial charge is 0.364 e. The third kappa shape index (κ3) is 1.38. The Hall–Kier alpha value is -0.570. The van der Waals surface area contributed by atoms with Crippen LogP contribution in [0.2, 0.25) is 0 Å². The maximum atomic E-state index is 11.3. The first-order valence-corrected chi connectivity index (χ1v) is 3.96. The smallest absolute Gasteiger partial charge is 0.251 e. The fraction of sp³-hybridized carbons (Fsp3) is 0.875. The van der Waals surface area contributed by atoms with Gasteiger partial charge in [-0.2, -0.15) is 0 Å². The van der Waals surface area contributed by atoms with Crippen LogP contribution in [-0.2, 0) is 9.53 Å². The topological polar surface area (TPSA) is 29.5 Å². The quantitative estimate of drug-likeness (QED) is 0.516. The van der Waals surface area contributed by atoms with Crippen molar-refractivity contribution in [3.05, 3.63) is 0 Å². The highest BCUT2D eigenvalue weighted by molar-refractivity contribution is 5.81. The number of nitrogens with zero attached hydrogens (tertiary/aromatic N) is 1. The van der Waals surface area contributed by atoms with E-state index >= 15 is 0 Å². The maximum absolute atomic E-state index is 11.3. The Morgan fingerprint density at radius 2 is 1.91 bits per heavy atom. The standard InChI is InChI=1S/C8H15NO2/c1-5-6(2)11-7(3)8(10)9(5)4/h5-7H,1-4H3. The van der Waals surface area contributed by atoms with Gasteiger partial charge in [-0.15, -0.1) is 0 Å². The Morgan fingerprint density at radius 1 is 1.36 bits per heavy atom. The molecule has 1 aliphatic rings. The highest BCUT2D eigenvalue weighted by Gasteiger charge is 2.33. The van der Waals surface area contributed by atoms with Gasteiger partial charge in [0.1, 0.15) is 6.10 Å². The molecule has 0 aromatic rings. The lowest BCUT2D eigenvalue weighted by atomic mass is 10.1. The minimum Gasteiger partial charge on any atom is -0.364 e. The van der Waals surface area contributed by atoms with E-state index in [0.717, 1.165) is 0 Å². The van der Waals surface area contributed by atoms with Gasteiger partial charge in [-0.1, -0.05) is 0 Å². The number of hydrogen-bond acceptors (Lipinski definition) is 2. The zero-order chi connectivity index (χ0) is 8.59. The molecule has 3 heteroatoms. The number of likely N-dealkylation sites (N-methyl/N-ethyl adjacent to an activating group) is 1. The van der Waals surface area contributed by atoms with E-state index < -0.39 is 0 Å². The van der Waals surface area contributed by atoms with Crippen molar-refractivity contribution >= 4 is 5.91 Å². The van der Waals surface area contributed by atoms with Crippen LogP contribution in [0.15, 0.2) is 0 Å². The fourth-order valence-electron chi connectivity index (χ4n) is 1.30. The van der Waals surface area contributed by atoms with Crippen LogP contribution in [0.3, 0.4) is 0 Å². The Labute approximate surface area is 67.3 Å². The fourth-order valence-corrected chi connectivity index (χ4v) is 1.30. The van der Waals surface area contributed by atoms with Crippen molar-refractivity contribution < 1.29 is 9.53 Å². The molecule has 1 fully saturated rings. The summed E-state index contributed by atoms with van der Waals surface area (Å²) in [4.78, 5) is 13.0. The highest BCUT2D eigenvalue weighted by atomic mass is 16.5. The highest BCUT2D eigenvalue weighted by Crippen LogP contribution is 2.16. The second-order valence-electron chi connectivity index (χ2n) is 3.17. The maximum Gasteiger partial charge on any atom is 0.251 e. The van der Waals surface area contributed by atoms with Crippen LogP contribution in [-0.4, -0.2) is 36.1 Å². The van der Waals surface area contributed by atoms with E-state index in [4.69, 9.17) is 4.74 Å². The van der Waals surface area contributed by atoms with Crippen molar-refractivity contribution in [2.24, 2.45) is 0 Å². The summed E-state index contributed by atoms with van der Waals surface area (Å²) >= 11 is 0. The normalized spacial score (nSPS) is 39.5. The van der Waals surface area contributed by atoms with Gasteiger partial charge in [0.2, 0.25) is 0 Å². The van der Waals surface area contributed by atoms with Crippen molar-refractivity contribution in [2.75, 3.05) is 7.05 Å². The van der Waals surface area contributed by atoms with Gasteiger partial charge < -0.3 is 9.64 Å². The number of morpholine rings is 1. The Bertz CT molecular complexity index is 169. The van der Waals surface area contributed by atoms with E-state index in [9.17, 15) is 4.79 Å². The molecule has 0 aliphatic carbocycles. The molecule has 0 aromatic heterocycles. The minimum absolute atomic E-state index is 0.0793. The molecule has 1 amide bonds. The third-order valence-corrected chi connectivity index (χ3v) is 2.40. The molecule has 64 valence electrons. The lowest BCUT2D eigenvalue weighted by Gasteiger charge is -2.38. The Kier molecular flexibility index (Phi) is 2.18. The number of carbonyl (C=O) groups is 1. The van der Waals surface area contributed by atoms with Gasteiger partial charge in [0.25, 0.3) is 5.91 Å². The van der Waals surface area contributed by atoms with E-state index in [-0.39, 0.29) is 24.2 Å². The van der Waals surface area contributed by atoms with Gasteiger partial charge in [0.15, 0.2) is 0 Å². The zero-order valence-corrected chi connectivity index (χ0v) is 7.50. The number of hydrogen-bond donors (Lipinski definition) is 0. The van der Waals surface area contributed by atoms with E-state index in [2.05, 4.69) is 0 Å². The van der Waals surface area contributed by atoms with Gasteiger partial charge in [0.05, 0.1) is 12.1 Å². The summed E-state index contributed by atoms with van der Waals surface area (Å²) < 4.78 is 5.39. The van der Waals surface area contributed by atoms with Gasteiger partial charge in [-0.05, 0) is 20.8 Å². The van der Waals surface area contributed by atoms with Crippen LogP contribution >= 0.6 is 0 Å². The van der Waals surface area contributed by atoms with E-state index in [1.807, 2.05) is 20.9 Å². The lowest BCUT2D eigenvalue weighted by Crippen LogP contribution is -2.53. The van der Waals surface area contributed by atoms with Crippen molar-refractivity contribution in [1.82, 2.24) is 4.90 Å². The molecular weight excluding hydrogens is 142 g/mol. The average Bonchev–Trinajstić information content (AvgIpc) is 1.97. The number of ether oxygens (including phenoxy) is 1. The molecule has 1 saturated heterocycles. The van der Waals surface area contributed by atoms with Crippen LogP contribution in [0.5, 0.6) is 0 Å². The third-order valence-electron chi connectivity index (χ3n) is 2.40. The molecule has 0 radical (unpaired) electrons. The first kappa shape index (κ1) is 8.53. The minimum atomic E-state index is -0.272. The zero-order valence-electron chi connectivity index (χ0n) is 7.50. The number of rotatable bonds is 0. The molecule has 1 rings (SSSR count). The molecule has 3 atom stereocenters. The second kappa shape index (κ2) is 2.81. The summed E-state index contributed by atoms with van der Waals surface area (Å²) in [6, 6.07) is 0.193. The van der Waals surface area contributed by atoms with Gasteiger partial charge in [-0.25, -0.2) is 0 Å². The summed E-state index contributed by atoms with van der Waals surface area (Å²) in [7, 11) is 1.82. The van der Waals surface area contributed by atoms with Crippen LogP contribution in [0.1, 0.15) is 20.8 Å². The molecule has 1 aliphatic heterocycles. The summed E-state index contributed by atoms with van der Waals surface area (Å²) in [5.74, 6) is 0.0793. The van der Waals surface area contributed by atoms with Crippen LogP contribution in [0, 0.1) is 0 Å². The van der Waals surface area contributed by atoms with Crippen LogP contribution in [0.4, 0.5) is 0 Å². The summed E-state index contributed by atoms with van der Waals surface area (Å²) in [6.07, 6.45) is -0.126. The monoisotopic (exact) mass is 157 g/mol. The second-order valence-corrected chi connectivity index (χ2v) is 3.17. The molecule has 3 nitrogen and oxygen atoms in total. The Balaban J connectivity index is 2.70. The van der Waals surface area contributed by atoms with Gasteiger partial charge in [-0.3, -0.25) is 4.79 Å². The predicted molar refractivity (Wildman–Crippen MR) is 42.2 cm³/mol. The average molecular weight is 157 g/mol. The molecular formula is C8H15NO2. The SMILES string of the molecule is CC1OC(C)C(C)N(C)C1=O. The van der Waals surface area contributed by atoms with Gasteiger partial charge in [0, 0.05) is 7.05 Å². The summed E-state index contributed by atoms with van der Waals surface area (Å²) in [5.41, 5.74) is 0. The molecule has 0 aromatic carbocycles. The van der Waals surface area contributed by atoms with E-state index in [0.29, 0.717) is 0 Å². The van der Waals surface area contributed by atoms with Gasteiger partial charge >= 0.3 is 0 Å². The number of amides is 1. The van der Waals surface area contributed by atoms with Crippen molar-refractivity contribution in [1.29, 1.82) is 0 Å². The molecule has 11 heavy (non-hydrogen) atoms. The summed E-state index contributed by atoms with van der Waals surface area (Å²) in [6.45, 7) is 5.78. The number of carbonyl (C=O) groups excluding carboxylic acids is 1. The van der Waals surface area contributed by atoms with Crippen molar-refractivity contribution in [2.45, 2.75) is 39.0 Å². The van der Waals surface area contributed by atoms with E-state index in [1.165, 1.54) is 0 Å². The molecule has 1 heterocycles. The molecule has 0 bridgehead atoms.